The number of hydrogen-bond acceptors (Lipinski definition) is 5. The van der Waals surface area contributed by atoms with E-state index in [9.17, 15) is 4.79 Å². The van der Waals surface area contributed by atoms with Crippen LogP contribution in [0, 0.1) is 5.92 Å². The van der Waals surface area contributed by atoms with Crippen molar-refractivity contribution in [2.24, 2.45) is 10.9 Å². The lowest BCUT2D eigenvalue weighted by Gasteiger charge is -2.18. The fourth-order valence-corrected chi connectivity index (χ4v) is 3.08. The summed E-state index contributed by atoms with van der Waals surface area (Å²) in [7, 11) is 0. The van der Waals surface area contributed by atoms with Crippen LogP contribution in [0.2, 0.25) is 0 Å². The molecule has 1 aromatic carbocycles. The Labute approximate surface area is 128 Å². The van der Waals surface area contributed by atoms with Crippen molar-refractivity contribution in [3.8, 4) is 11.5 Å². The number of cyclic esters (lactones) is 1. The monoisotopic (exact) mass is 299 g/mol. The molecule has 2 heterocycles. The molecule has 1 aliphatic carbocycles. The maximum atomic E-state index is 12.0. The van der Waals surface area contributed by atoms with Gasteiger partial charge in [-0.1, -0.05) is 18.9 Å². The van der Waals surface area contributed by atoms with Gasteiger partial charge in [-0.15, -0.1) is 0 Å². The Hall–Kier alpha value is -2.30. The van der Waals surface area contributed by atoms with E-state index in [0.29, 0.717) is 36.5 Å². The van der Waals surface area contributed by atoms with E-state index in [0.717, 1.165) is 24.2 Å². The largest absolute Gasteiger partial charge is 0.486 e. The van der Waals surface area contributed by atoms with Gasteiger partial charge in [0.15, 0.2) is 17.2 Å². The Balaban J connectivity index is 1.60. The summed E-state index contributed by atoms with van der Waals surface area (Å²) in [6.07, 6.45) is 6.22. The van der Waals surface area contributed by atoms with Gasteiger partial charge in [0, 0.05) is 5.92 Å². The minimum atomic E-state index is -0.364. The summed E-state index contributed by atoms with van der Waals surface area (Å²) in [6.45, 7) is 1.11. The van der Waals surface area contributed by atoms with Crippen LogP contribution in [0.5, 0.6) is 11.5 Å². The quantitative estimate of drug-likeness (QED) is 0.622. The number of rotatable bonds is 2. The molecule has 22 heavy (non-hydrogen) atoms. The average Bonchev–Trinajstić information content (AvgIpc) is 3.18. The average molecular weight is 299 g/mol. The highest BCUT2D eigenvalue weighted by Gasteiger charge is 2.31. The molecule has 0 amide bonds. The molecule has 5 nitrogen and oxygen atoms in total. The molecule has 0 aromatic heterocycles. The van der Waals surface area contributed by atoms with Crippen LogP contribution in [-0.2, 0) is 9.53 Å². The molecule has 0 unspecified atom stereocenters. The fraction of sp³-hybridized carbons (Fsp3) is 0.412. The molecule has 114 valence electrons. The Morgan fingerprint density at radius 2 is 1.86 bits per heavy atom. The van der Waals surface area contributed by atoms with E-state index in [2.05, 4.69) is 4.99 Å². The number of aliphatic imine (C=N–C) groups is 1. The van der Waals surface area contributed by atoms with Crippen LogP contribution < -0.4 is 9.47 Å². The van der Waals surface area contributed by atoms with Crippen LogP contribution in [0.4, 0.5) is 0 Å². The maximum absolute atomic E-state index is 12.0. The first kappa shape index (κ1) is 13.4. The third-order valence-corrected chi connectivity index (χ3v) is 4.21. The van der Waals surface area contributed by atoms with Crippen LogP contribution in [0.25, 0.3) is 6.08 Å². The Kier molecular flexibility index (Phi) is 3.33. The first-order chi connectivity index (χ1) is 10.8. The van der Waals surface area contributed by atoms with Gasteiger partial charge in [0.25, 0.3) is 0 Å². The van der Waals surface area contributed by atoms with Crippen LogP contribution >= 0.6 is 0 Å². The van der Waals surface area contributed by atoms with Crippen LogP contribution in [0.15, 0.2) is 28.9 Å². The molecule has 1 saturated carbocycles. The SMILES string of the molecule is O=C1OC(C2CCCC2)=N/C1=C/c1ccc2c(c1)OCCO2. The van der Waals surface area contributed by atoms with Gasteiger partial charge in [-0.25, -0.2) is 9.79 Å². The minimum Gasteiger partial charge on any atom is -0.486 e. The summed E-state index contributed by atoms with van der Waals surface area (Å²) < 4.78 is 16.4. The fourth-order valence-electron chi connectivity index (χ4n) is 3.08. The predicted octanol–water partition coefficient (Wildman–Crippen LogP) is 2.94. The van der Waals surface area contributed by atoms with Gasteiger partial charge in [-0.3, -0.25) is 0 Å². The van der Waals surface area contributed by atoms with Crippen LogP contribution in [0.1, 0.15) is 31.2 Å². The summed E-state index contributed by atoms with van der Waals surface area (Å²) in [5, 5.41) is 0. The normalized spacial score (nSPS) is 22.8. The Bertz CT molecular complexity index is 671. The molecule has 0 spiro atoms. The number of benzene rings is 1. The summed E-state index contributed by atoms with van der Waals surface area (Å²) in [4.78, 5) is 16.4. The van der Waals surface area contributed by atoms with Crippen molar-refractivity contribution in [1.82, 2.24) is 0 Å². The summed E-state index contributed by atoms with van der Waals surface area (Å²) >= 11 is 0. The molecule has 0 radical (unpaired) electrons. The molecule has 1 aromatic rings. The number of carbonyl (C=O) groups excluding carboxylic acids is 1. The Morgan fingerprint density at radius 1 is 1.09 bits per heavy atom. The van der Waals surface area contributed by atoms with Crippen LogP contribution in [0.3, 0.4) is 0 Å². The van der Waals surface area contributed by atoms with Crippen molar-refractivity contribution in [2.75, 3.05) is 13.2 Å². The summed E-state index contributed by atoms with van der Waals surface area (Å²) in [5.74, 6) is 1.96. The highest BCUT2D eigenvalue weighted by Crippen LogP contribution is 2.33. The van der Waals surface area contributed by atoms with Crippen molar-refractivity contribution in [3.05, 3.63) is 29.5 Å². The number of ether oxygens (including phenoxy) is 3. The molecule has 0 saturated heterocycles. The van der Waals surface area contributed by atoms with Crippen LogP contribution in [-0.4, -0.2) is 25.1 Å². The lowest BCUT2D eigenvalue weighted by molar-refractivity contribution is -0.130. The molecule has 0 N–H and O–H groups in total. The number of hydrogen-bond donors (Lipinski definition) is 0. The van der Waals surface area contributed by atoms with E-state index in [-0.39, 0.29) is 5.97 Å². The zero-order valence-electron chi connectivity index (χ0n) is 12.2. The van der Waals surface area contributed by atoms with Crippen molar-refractivity contribution in [3.63, 3.8) is 0 Å². The molecule has 4 rings (SSSR count). The lowest BCUT2D eigenvalue weighted by atomic mass is 10.1. The van der Waals surface area contributed by atoms with E-state index in [4.69, 9.17) is 14.2 Å². The molecular weight excluding hydrogens is 282 g/mol. The molecule has 1 fully saturated rings. The first-order valence-corrected chi connectivity index (χ1v) is 7.72. The summed E-state index contributed by atoms with van der Waals surface area (Å²) in [6, 6.07) is 5.59. The van der Waals surface area contributed by atoms with Gasteiger partial charge in [0.1, 0.15) is 13.2 Å². The van der Waals surface area contributed by atoms with Gasteiger partial charge < -0.3 is 14.2 Å². The van der Waals surface area contributed by atoms with E-state index >= 15 is 0 Å². The second kappa shape index (κ2) is 5.48. The molecule has 2 aliphatic heterocycles. The second-order valence-corrected chi connectivity index (χ2v) is 5.75. The highest BCUT2D eigenvalue weighted by molar-refractivity contribution is 6.07. The third kappa shape index (κ3) is 2.47. The minimum absolute atomic E-state index is 0.301. The van der Waals surface area contributed by atoms with Gasteiger partial charge in [-0.2, -0.15) is 0 Å². The third-order valence-electron chi connectivity index (χ3n) is 4.21. The van der Waals surface area contributed by atoms with Crippen molar-refractivity contribution < 1.29 is 19.0 Å². The maximum Gasteiger partial charge on any atom is 0.363 e. The number of fused-ring (bicyclic) bond motifs is 1. The van der Waals surface area contributed by atoms with E-state index in [1.165, 1.54) is 12.8 Å². The van der Waals surface area contributed by atoms with Gasteiger partial charge in [0.2, 0.25) is 5.90 Å². The van der Waals surface area contributed by atoms with Gasteiger partial charge in [0.05, 0.1) is 0 Å². The van der Waals surface area contributed by atoms with Gasteiger partial charge in [-0.05, 0) is 36.6 Å². The van der Waals surface area contributed by atoms with Crippen molar-refractivity contribution in [1.29, 1.82) is 0 Å². The number of esters is 1. The predicted molar refractivity (Wildman–Crippen MR) is 80.9 cm³/mol. The topological polar surface area (TPSA) is 57.1 Å². The van der Waals surface area contributed by atoms with E-state index in [1.807, 2.05) is 18.2 Å². The zero-order chi connectivity index (χ0) is 14.9. The van der Waals surface area contributed by atoms with Gasteiger partial charge >= 0.3 is 5.97 Å². The molecule has 5 heteroatoms. The smallest absolute Gasteiger partial charge is 0.363 e. The highest BCUT2D eigenvalue weighted by atomic mass is 16.6. The number of nitrogens with zero attached hydrogens (tertiary/aromatic N) is 1. The Morgan fingerprint density at radius 3 is 2.68 bits per heavy atom. The molecule has 0 bridgehead atoms. The van der Waals surface area contributed by atoms with Crippen molar-refractivity contribution >= 4 is 17.9 Å². The van der Waals surface area contributed by atoms with Crippen molar-refractivity contribution in [2.45, 2.75) is 25.7 Å². The summed E-state index contributed by atoms with van der Waals surface area (Å²) in [5.41, 5.74) is 1.21. The molecular formula is C17H17NO4. The molecule has 0 atom stereocenters. The lowest BCUT2D eigenvalue weighted by Crippen LogP contribution is -2.15. The second-order valence-electron chi connectivity index (χ2n) is 5.75. The number of carbonyl (C=O) groups is 1. The zero-order valence-corrected chi connectivity index (χ0v) is 12.2. The molecule has 3 aliphatic rings. The first-order valence-electron chi connectivity index (χ1n) is 7.72. The van der Waals surface area contributed by atoms with E-state index < -0.39 is 0 Å². The standard InChI is InChI=1S/C17H17NO4/c19-17-13(18-16(22-17)12-3-1-2-4-12)9-11-5-6-14-15(10-11)21-8-7-20-14/h5-6,9-10,12H,1-4,7-8H2/b13-9+. The van der Waals surface area contributed by atoms with E-state index in [1.54, 1.807) is 6.08 Å².